The summed E-state index contributed by atoms with van der Waals surface area (Å²) in [6.07, 6.45) is 1.26. The number of hydrogen-bond acceptors (Lipinski definition) is 7. The van der Waals surface area contributed by atoms with Crippen LogP contribution in [0.3, 0.4) is 0 Å². The topological polar surface area (TPSA) is 106 Å². The van der Waals surface area contributed by atoms with E-state index in [9.17, 15) is 18.0 Å². The SMILES string of the molecule is CCOc1ccc(N2CC(C(=O)Nc3nc4ccc(S(C)(=O)=O)cc4s3)CC2=O)cc1. The largest absolute Gasteiger partial charge is 0.494 e. The predicted octanol–water partition coefficient (Wildman–Crippen LogP) is 3.09. The van der Waals surface area contributed by atoms with E-state index in [-0.39, 0.29) is 29.7 Å². The Bertz CT molecular complexity index is 1250. The van der Waals surface area contributed by atoms with Crippen LogP contribution in [0.1, 0.15) is 13.3 Å². The molecule has 1 fully saturated rings. The molecule has 0 aliphatic carbocycles. The van der Waals surface area contributed by atoms with Crippen LogP contribution in [0.15, 0.2) is 47.4 Å². The highest BCUT2D eigenvalue weighted by molar-refractivity contribution is 7.90. The summed E-state index contributed by atoms with van der Waals surface area (Å²) in [6.45, 7) is 2.74. The van der Waals surface area contributed by atoms with Crippen molar-refractivity contribution in [3.63, 3.8) is 0 Å². The minimum absolute atomic E-state index is 0.113. The highest BCUT2D eigenvalue weighted by Gasteiger charge is 2.35. The van der Waals surface area contributed by atoms with Crippen molar-refractivity contribution in [1.82, 2.24) is 4.98 Å². The van der Waals surface area contributed by atoms with Gasteiger partial charge >= 0.3 is 0 Å². The zero-order valence-corrected chi connectivity index (χ0v) is 18.6. The van der Waals surface area contributed by atoms with Crippen LogP contribution in [0.5, 0.6) is 5.75 Å². The lowest BCUT2D eigenvalue weighted by Crippen LogP contribution is -2.28. The number of sulfone groups is 1. The van der Waals surface area contributed by atoms with Gasteiger partial charge in [0, 0.05) is 24.9 Å². The van der Waals surface area contributed by atoms with Crippen molar-refractivity contribution in [3.8, 4) is 5.75 Å². The van der Waals surface area contributed by atoms with Gasteiger partial charge in [0.25, 0.3) is 0 Å². The van der Waals surface area contributed by atoms with Gasteiger partial charge in [0.1, 0.15) is 5.75 Å². The number of fused-ring (bicyclic) bond motifs is 1. The third-order valence-electron chi connectivity index (χ3n) is 4.97. The molecule has 1 N–H and O–H groups in total. The number of rotatable bonds is 6. The molecular weight excluding hydrogens is 438 g/mol. The van der Waals surface area contributed by atoms with E-state index < -0.39 is 15.8 Å². The van der Waals surface area contributed by atoms with Crippen molar-refractivity contribution in [2.75, 3.05) is 29.6 Å². The van der Waals surface area contributed by atoms with Gasteiger partial charge in [-0.2, -0.15) is 0 Å². The number of ether oxygens (including phenoxy) is 1. The van der Waals surface area contributed by atoms with E-state index in [0.717, 1.165) is 17.7 Å². The number of carbonyl (C=O) groups is 2. The van der Waals surface area contributed by atoms with Gasteiger partial charge in [-0.1, -0.05) is 11.3 Å². The molecule has 4 rings (SSSR count). The van der Waals surface area contributed by atoms with Gasteiger partial charge in [-0.05, 0) is 49.4 Å². The lowest BCUT2D eigenvalue weighted by molar-refractivity contribution is -0.122. The van der Waals surface area contributed by atoms with Crippen molar-refractivity contribution in [2.24, 2.45) is 5.92 Å². The summed E-state index contributed by atoms with van der Waals surface area (Å²) in [4.78, 5) is 31.4. The van der Waals surface area contributed by atoms with Crippen LogP contribution >= 0.6 is 11.3 Å². The smallest absolute Gasteiger partial charge is 0.231 e. The fraction of sp³-hybridized carbons (Fsp3) is 0.286. The number of amides is 2. The fourth-order valence-electron chi connectivity index (χ4n) is 3.42. The van der Waals surface area contributed by atoms with E-state index in [4.69, 9.17) is 4.74 Å². The summed E-state index contributed by atoms with van der Waals surface area (Å²) in [5.74, 6) is -0.185. The fourth-order valence-corrected chi connectivity index (χ4v) is 5.05. The number of hydrogen-bond donors (Lipinski definition) is 1. The lowest BCUT2D eigenvalue weighted by Gasteiger charge is -2.17. The van der Waals surface area contributed by atoms with Crippen LogP contribution in [0.2, 0.25) is 0 Å². The standard InChI is InChI=1S/C21H21N3O5S2/c1-3-29-15-6-4-14(5-7-15)24-12-13(10-19(24)25)20(26)23-21-22-17-9-8-16(31(2,27)28)11-18(17)30-21/h4-9,11,13H,3,10,12H2,1-2H3,(H,22,23,26). The lowest BCUT2D eigenvalue weighted by atomic mass is 10.1. The van der Waals surface area contributed by atoms with Crippen molar-refractivity contribution in [2.45, 2.75) is 18.2 Å². The molecule has 8 nitrogen and oxygen atoms in total. The number of nitrogens with one attached hydrogen (secondary N) is 1. The van der Waals surface area contributed by atoms with E-state index in [1.165, 1.54) is 17.4 Å². The number of anilines is 2. The molecule has 3 aromatic rings. The monoisotopic (exact) mass is 459 g/mol. The second-order valence-corrected chi connectivity index (χ2v) is 10.3. The maximum absolute atomic E-state index is 12.7. The first kappa shape index (κ1) is 21.3. The maximum Gasteiger partial charge on any atom is 0.231 e. The van der Waals surface area contributed by atoms with Crippen molar-refractivity contribution >= 4 is 54.0 Å². The number of nitrogens with zero attached hydrogens (tertiary/aromatic N) is 2. The Labute approximate surface area is 183 Å². The van der Waals surface area contributed by atoms with Crippen LogP contribution in [0, 0.1) is 5.92 Å². The molecule has 1 atom stereocenters. The minimum Gasteiger partial charge on any atom is -0.494 e. The number of benzene rings is 2. The number of carbonyl (C=O) groups excluding carboxylic acids is 2. The Balaban J connectivity index is 1.46. The number of aromatic nitrogens is 1. The molecule has 1 aromatic heterocycles. The summed E-state index contributed by atoms with van der Waals surface area (Å²) >= 11 is 1.20. The van der Waals surface area contributed by atoms with E-state index in [1.807, 2.05) is 6.92 Å². The van der Waals surface area contributed by atoms with Gasteiger partial charge in [-0.3, -0.25) is 9.59 Å². The zero-order chi connectivity index (χ0) is 22.2. The van der Waals surface area contributed by atoms with Crippen molar-refractivity contribution < 1.29 is 22.7 Å². The molecule has 162 valence electrons. The first-order valence-corrected chi connectivity index (χ1v) is 12.4. The molecule has 1 unspecified atom stereocenters. The van der Waals surface area contributed by atoms with Crippen LogP contribution in [-0.4, -0.2) is 44.6 Å². The van der Waals surface area contributed by atoms with Crippen LogP contribution in [-0.2, 0) is 19.4 Å². The normalized spacial score (nSPS) is 16.6. The van der Waals surface area contributed by atoms with Crippen LogP contribution in [0.25, 0.3) is 10.2 Å². The van der Waals surface area contributed by atoms with Gasteiger partial charge in [0.2, 0.25) is 11.8 Å². The minimum atomic E-state index is -3.33. The maximum atomic E-state index is 12.7. The molecular formula is C21H21N3O5S2. The van der Waals surface area contributed by atoms with E-state index in [0.29, 0.717) is 22.0 Å². The van der Waals surface area contributed by atoms with E-state index in [2.05, 4.69) is 10.3 Å². The second kappa shape index (κ2) is 8.27. The zero-order valence-electron chi connectivity index (χ0n) is 17.0. The molecule has 0 radical (unpaired) electrons. The molecule has 0 saturated carbocycles. The molecule has 2 heterocycles. The first-order chi connectivity index (χ1) is 14.7. The van der Waals surface area contributed by atoms with Gasteiger partial charge in [0.05, 0.1) is 27.6 Å². The van der Waals surface area contributed by atoms with Crippen molar-refractivity contribution in [1.29, 1.82) is 0 Å². The summed E-state index contributed by atoms with van der Waals surface area (Å²) < 4.78 is 29.6. The Morgan fingerprint density at radius 3 is 2.68 bits per heavy atom. The molecule has 1 aliphatic heterocycles. The molecule has 1 saturated heterocycles. The van der Waals surface area contributed by atoms with Gasteiger partial charge < -0.3 is 15.0 Å². The predicted molar refractivity (Wildman–Crippen MR) is 119 cm³/mol. The average Bonchev–Trinajstić information content (AvgIpc) is 3.30. The number of thiazole rings is 1. The second-order valence-electron chi connectivity index (χ2n) is 7.24. The van der Waals surface area contributed by atoms with Crippen LogP contribution in [0.4, 0.5) is 10.8 Å². The van der Waals surface area contributed by atoms with Crippen LogP contribution < -0.4 is 15.0 Å². The first-order valence-electron chi connectivity index (χ1n) is 9.69. The van der Waals surface area contributed by atoms with Gasteiger partial charge in [-0.15, -0.1) is 0 Å². The van der Waals surface area contributed by atoms with E-state index >= 15 is 0 Å². The van der Waals surface area contributed by atoms with Crippen molar-refractivity contribution in [3.05, 3.63) is 42.5 Å². The molecule has 2 amide bonds. The summed E-state index contributed by atoms with van der Waals surface area (Å²) in [6, 6.07) is 11.9. The Kier molecular flexibility index (Phi) is 5.67. The third kappa shape index (κ3) is 4.54. The Morgan fingerprint density at radius 2 is 2.00 bits per heavy atom. The highest BCUT2D eigenvalue weighted by atomic mass is 32.2. The van der Waals surface area contributed by atoms with Gasteiger partial charge in [-0.25, -0.2) is 13.4 Å². The molecule has 1 aliphatic rings. The summed E-state index contributed by atoms with van der Waals surface area (Å²) in [5.41, 5.74) is 1.32. The third-order valence-corrected chi connectivity index (χ3v) is 7.02. The Hall–Kier alpha value is -2.98. The quantitative estimate of drug-likeness (QED) is 0.607. The molecule has 10 heteroatoms. The summed E-state index contributed by atoms with van der Waals surface area (Å²) in [5, 5.41) is 3.14. The molecule has 31 heavy (non-hydrogen) atoms. The average molecular weight is 460 g/mol. The molecule has 0 bridgehead atoms. The Morgan fingerprint density at radius 1 is 1.26 bits per heavy atom. The molecule has 2 aromatic carbocycles. The van der Waals surface area contributed by atoms with E-state index in [1.54, 1.807) is 41.3 Å². The highest BCUT2D eigenvalue weighted by Crippen LogP contribution is 2.31. The summed E-state index contributed by atoms with van der Waals surface area (Å²) in [7, 11) is -3.33. The molecule has 0 spiro atoms. The van der Waals surface area contributed by atoms with Gasteiger partial charge in [0.15, 0.2) is 15.0 Å².